The Morgan fingerprint density at radius 3 is 3.00 bits per heavy atom. The van der Waals surface area contributed by atoms with Crippen LogP contribution in [-0.4, -0.2) is 37.7 Å². The molecular weight excluding hydrogens is 216 g/mol. The number of hydrogen-bond acceptors (Lipinski definition) is 4. The highest BCUT2D eigenvalue weighted by Gasteiger charge is 2.15. The van der Waals surface area contributed by atoms with E-state index in [1.54, 1.807) is 13.0 Å². The molecule has 1 fully saturated rings. The molecule has 0 spiro atoms. The smallest absolute Gasteiger partial charge is 0.165 e. The minimum absolute atomic E-state index is 0.0473. The lowest BCUT2D eigenvalue weighted by Gasteiger charge is -2.21. The zero-order valence-electron chi connectivity index (χ0n) is 9.90. The van der Waals surface area contributed by atoms with Crippen LogP contribution in [0.1, 0.15) is 17.3 Å². The predicted molar refractivity (Wildman–Crippen MR) is 66.5 cm³/mol. The second kappa shape index (κ2) is 5.10. The molecule has 0 unspecified atom stereocenters. The quantitative estimate of drug-likeness (QED) is 0.769. The Labute approximate surface area is 101 Å². The molecule has 90 valence electrons. The topological polar surface area (TPSA) is 49.4 Å². The molecule has 1 heterocycles. The van der Waals surface area contributed by atoms with Gasteiger partial charge < -0.3 is 10.2 Å². The Bertz CT molecular complexity index is 443. The van der Waals surface area contributed by atoms with Gasteiger partial charge in [0, 0.05) is 24.3 Å². The first-order valence-electron chi connectivity index (χ1n) is 5.75. The van der Waals surface area contributed by atoms with Gasteiger partial charge in [0.15, 0.2) is 11.6 Å². The van der Waals surface area contributed by atoms with Crippen molar-refractivity contribution in [2.24, 2.45) is 0 Å². The van der Waals surface area contributed by atoms with Gasteiger partial charge in [0.25, 0.3) is 0 Å². The van der Waals surface area contributed by atoms with E-state index < -0.39 is 0 Å². The number of nitrogens with zero attached hydrogens (tertiary/aromatic N) is 1. The van der Waals surface area contributed by atoms with Crippen molar-refractivity contribution in [2.45, 2.75) is 6.92 Å². The third-order valence-electron chi connectivity index (χ3n) is 2.87. The first-order chi connectivity index (χ1) is 8.16. The molecule has 0 amide bonds. The van der Waals surface area contributed by atoms with Crippen LogP contribution in [0.3, 0.4) is 0 Å². The number of Topliss-reactive ketones (excluding diaryl/α,β-unsaturated/α-hetero) is 2. The van der Waals surface area contributed by atoms with Crippen molar-refractivity contribution in [3.05, 3.63) is 29.8 Å². The molecule has 0 aliphatic carbocycles. The van der Waals surface area contributed by atoms with Gasteiger partial charge in [0.1, 0.15) is 0 Å². The lowest BCUT2D eigenvalue weighted by molar-refractivity contribution is -0.116. The van der Waals surface area contributed by atoms with Crippen molar-refractivity contribution in [1.29, 1.82) is 0 Å². The molecule has 2 rings (SSSR count). The van der Waals surface area contributed by atoms with Crippen LogP contribution in [0.4, 0.5) is 5.69 Å². The summed E-state index contributed by atoms with van der Waals surface area (Å²) in [5.41, 5.74) is 1.63. The van der Waals surface area contributed by atoms with Crippen LogP contribution in [0.2, 0.25) is 0 Å². The highest BCUT2D eigenvalue weighted by atomic mass is 16.1. The van der Waals surface area contributed by atoms with E-state index in [4.69, 9.17) is 0 Å². The summed E-state index contributed by atoms with van der Waals surface area (Å²) >= 11 is 0. The molecule has 0 bridgehead atoms. The number of rotatable bonds is 2. The van der Waals surface area contributed by atoms with Crippen LogP contribution in [0.15, 0.2) is 24.3 Å². The van der Waals surface area contributed by atoms with E-state index in [9.17, 15) is 9.59 Å². The molecule has 1 aliphatic rings. The van der Waals surface area contributed by atoms with E-state index in [0.29, 0.717) is 18.7 Å². The van der Waals surface area contributed by atoms with E-state index in [2.05, 4.69) is 5.32 Å². The Morgan fingerprint density at radius 1 is 1.41 bits per heavy atom. The van der Waals surface area contributed by atoms with Crippen molar-refractivity contribution in [3.63, 3.8) is 0 Å². The number of carbonyl (C=O) groups is 2. The van der Waals surface area contributed by atoms with Crippen molar-refractivity contribution < 1.29 is 9.59 Å². The molecule has 1 aromatic rings. The van der Waals surface area contributed by atoms with Crippen LogP contribution >= 0.6 is 0 Å². The Balaban J connectivity index is 2.23. The third-order valence-corrected chi connectivity index (χ3v) is 2.87. The highest BCUT2D eigenvalue weighted by Crippen LogP contribution is 2.16. The van der Waals surface area contributed by atoms with Crippen LogP contribution < -0.4 is 10.2 Å². The Morgan fingerprint density at radius 2 is 2.24 bits per heavy atom. The van der Waals surface area contributed by atoms with E-state index in [-0.39, 0.29) is 11.6 Å². The fraction of sp³-hybridized carbons (Fsp3) is 0.385. The minimum Gasteiger partial charge on any atom is -0.363 e. The van der Waals surface area contributed by atoms with Crippen LogP contribution in [0, 0.1) is 0 Å². The predicted octanol–water partition coefficient (Wildman–Crippen LogP) is 0.868. The normalized spacial score (nSPS) is 16.8. The zero-order valence-corrected chi connectivity index (χ0v) is 9.90. The molecule has 4 heteroatoms. The summed E-state index contributed by atoms with van der Waals surface area (Å²) in [7, 11) is 0. The van der Waals surface area contributed by atoms with Crippen molar-refractivity contribution in [1.82, 2.24) is 5.32 Å². The maximum Gasteiger partial charge on any atom is 0.165 e. The molecule has 1 aromatic carbocycles. The van der Waals surface area contributed by atoms with Crippen molar-refractivity contribution in [3.8, 4) is 0 Å². The molecule has 1 aliphatic heterocycles. The van der Waals surface area contributed by atoms with Gasteiger partial charge in [-0.3, -0.25) is 9.59 Å². The summed E-state index contributed by atoms with van der Waals surface area (Å²) in [4.78, 5) is 24.8. The number of ketones is 2. The molecule has 4 nitrogen and oxygen atoms in total. The average molecular weight is 232 g/mol. The van der Waals surface area contributed by atoms with Gasteiger partial charge in [-0.2, -0.15) is 0 Å². The van der Waals surface area contributed by atoms with Crippen molar-refractivity contribution >= 4 is 17.3 Å². The van der Waals surface area contributed by atoms with E-state index in [1.165, 1.54) is 0 Å². The SMILES string of the molecule is CC(=O)c1cccc(N2CCNCC(=O)C2)c1. The van der Waals surface area contributed by atoms with Gasteiger partial charge in [-0.15, -0.1) is 0 Å². The van der Waals surface area contributed by atoms with E-state index in [0.717, 1.165) is 18.8 Å². The Kier molecular flexibility index (Phi) is 3.54. The minimum atomic E-state index is 0.0473. The summed E-state index contributed by atoms with van der Waals surface area (Å²) in [5, 5.41) is 3.08. The van der Waals surface area contributed by atoms with E-state index in [1.807, 2.05) is 23.1 Å². The van der Waals surface area contributed by atoms with Gasteiger partial charge >= 0.3 is 0 Å². The second-order valence-corrected chi connectivity index (χ2v) is 4.24. The fourth-order valence-electron chi connectivity index (χ4n) is 1.93. The largest absolute Gasteiger partial charge is 0.363 e. The maximum atomic E-state index is 11.5. The monoisotopic (exact) mass is 232 g/mol. The summed E-state index contributed by atoms with van der Waals surface area (Å²) < 4.78 is 0. The van der Waals surface area contributed by atoms with Crippen LogP contribution in [-0.2, 0) is 4.79 Å². The fourth-order valence-corrected chi connectivity index (χ4v) is 1.93. The molecule has 0 aromatic heterocycles. The molecule has 0 saturated carbocycles. The highest BCUT2D eigenvalue weighted by molar-refractivity contribution is 5.95. The number of nitrogens with one attached hydrogen (secondary N) is 1. The number of hydrogen-bond donors (Lipinski definition) is 1. The third kappa shape index (κ3) is 2.91. The average Bonchev–Trinajstić information content (AvgIpc) is 2.54. The van der Waals surface area contributed by atoms with Gasteiger partial charge in [0.05, 0.1) is 13.1 Å². The van der Waals surface area contributed by atoms with Gasteiger partial charge in [0.2, 0.25) is 0 Å². The molecule has 0 atom stereocenters. The standard InChI is InChI=1S/C13H16N2O2/c1-10(16)11-3-2-4-12(7-11)15-6-5-14-8-13(17)9-15/h2-4,7,14H,5-6,8-9H2,1H3. The van der Waals surface area contributed by atoms with Crippen molar-refractivity contribution in [2.75, 3.05) is 31.1 Å². The van der Waals surface area contributed by atoms with Gasteiger partial charge in [-0.05, 0) is 19.1 Å². The first kappa shape index (κ1) is 11.8. The number of anilines is 1. The van der Waals surface area contributed by atoms with Crippen LogP contribution in [0.25, 0.3) is 0 Å². The molecule has 17 heavy (non-hydrogen) atoms. The number of carbonyl (C=O) groups excluding carboxylic acids is 2. The lowest BCUT2D eigenvalue weighted by atomic mass is 10.1. The molecule has 1 saturated heterocycles. The van der Waals surface area contributed by atoms with E-state index >= 15 is 0 Å². The molecule has 0 radical (unpaired) electrons. The van der Waals surface area contributed by atoms with Gasteiger partial charge in [-0.25, -0.2) is 0 Å². The summed E-state index contributed by atoms with van der Waals surface area (Å²) in [5.74, 6) is 0.224. The maximum absolute atomic E-state index is 11.5. The van der Waals surface area contributed by atoms with Crippen LogP contribution in [0.5, 0.6) is 0 Å². The Hall–Kier alpha value is -1.68. The summed E-state index contributed by atoms with van der Waals surface area (Å²) in [6, 6.07) is 7.44. The molecular formula is C13H16N2O2. The first-order valence-corrected chi connectivity index (χ1v) is 5.75. The molecule has 1 N–H and O–H groups in total. The number of benzene rings is 1. The van der Waals surface area contributed by atoms with Gasteiger partial charge in [-0.1, -0.05) is 12.1 Å². The zero-order chi connectivity index (χ0) is 12.3. The second-order valence-electron chi connectivity index (χ2n) is 4.24. The lowest BCUT2D eigenvalue weighted by Crippen LogP contribution is -2.30. The summed E-state index contributed by atoms with van der Waals surface area (Å²) in [6.45, 7) is 3.97. The summed E-state index contributed by atoms with van der Waals surface area (Å²) in [6.07, 6.45) is 0.